The fraction of sp³-hybridized carbons (Fsp3) is 0.300. The third-order valence-corrected chi connectivity index (χ3v) is 4.44. The summed E-state index contributed by atoms with van der Waals surface area (Å²) in [5.74, 6) is -1.40. The van der Waals surface area contributed by atoms with Gasteiger partial charge in [-0.25, -0.2) is 17.8 Å². The molecule has 2 aromatic rings. The van der Waals surface area contributed by atoms with Gasteiger partial charge in [-0.2, -0.15) is 13.2 Å². The van der Waals surface area contributed by atoms with Gasteiger partial charge in [0, 0.05) is 24.2 Å². The van der Waals surface area contributed by atoms with E-state index in [1.54, 1.807) is 13.8 Å². The molecule has 1 heterocycles. The minimum Gasteiger partial charge on any atom is -0.367 e. The van der Waals surface area contributed by atoms with Gasteiger partial charge >= 0.3 is 6.18 Å². The number of amides is 1. The molecule has 3 N–H and O–H groups in total. The first-order chi connectivity index (χ1) is 14.7. The summed E-state index contributed by atoms with van der Waals surface area (Å²) in [5.41, 5.74) is -0.619. The van der Waals surface area contributed by atoms with E-state index in [1.807, 2.05) is 4.72 Å². The van der Waals surface area contributed by atoms with Gasteiger partial charge in [-0.3, -0.25) is 9.52 Å². The van der Waals surface area contributed by atoms with Crippen molar-refractivity contribution in [1.29, 1.82) is 0 Å². The Morgan fingerprint density at radius 3 is 2.44 bits per heavy atom. The second-order valence-electron chi connectivity index (χ2n) is 7.17. The average molecular weight is 474 g/mol. The van der Waals surface area contributed by atoms with Gasteiger partial charge in [-0.05, 0) is 49.8 Å². The number of carbonyl (C=O) groups is 1. The number of benzene rings is 1. The van der Waals surface area contributed by atoms with Gasteiger partial charge < -0.3 is 10.6 Å². The van der Waals surface area contributed by atoms with E-state index in [0.717, 1.165) is 24.5 Å². The van der Waals surface area contributed by atoms with Gasteiger partial charge in [0.05, 0.1) is 11.9 Å². The zero-order valence-corrected chi connectivity index (χ0v) is 18.2. The monoisotopic (exact) mass is 474 g/mol. The number of aromatic nitrogens is 1. The van der Waals surface area contributed by atoms with Crippen LogP contribution in [0, 0.1) is 5.82 Å². The normalized spacial score (nSPS) is 12.2. The van der Waals surface area contributed by atoms with Crippen molar-refractivity contribution >= 4 is 33.5 Å². The number of nitrogens with one attached hydrogen (secondary N) is 3. The summed E-state index contributed by atoms with van der Waals surface area (Å²) in [6.07, 6.45) is -1.28. The van der Waals surface area contributed by atoms with Crippen LogP contribution in [0.15, 0.2) is 36.4 Å². The molecule has 0 saturated carbocycles. The van der Waals surface area contributed by atoms with Crippen molar-refractivity contribution < 1.29 is 30.8 Å². The molecule has 2 rings (SSSR count). The highest BCUT2D eigenvalue weighted by Gasteiger charge is 2.33. The molecule has 174 valence electrons. The third kappa shape index (κ3) is 7.84. The predicted octanol–water partition coefficient (Wildman–Crippen LogP) is 3.76. The molecule has 0 unspecified atom stereocenters. The summed E-state index contributed by atoms with van der Waals surface area (Å²) in [7, 11) is -3.64. The number of hydrogen-bond donors (Lipinski definition) is 3. The molecule has 32 heavy (non-hydrogen) atoms. The van der Waals surface area contributed by atoms with Crippen LogP contribution in [0.2, 0.25) is 0 Å². The zero-order chi connectivity index (χ0) is 24.1. The Morgan fingerprint density at radius 2 is 1.88 bits per heavy atom. The van der Waals surface area contributed by atoms with Gasteiger partial charge in [-0.15, -0.1) is 0 Å². The van der Waals surface area contributed by atoms with Crippen molar-refractivity contribution in [2.75, 3.05) is 16.3 Å². The van der Waals surface area contributed by atoms with E-state index in [9.17, 15) is 30.8 Å². The van der Waals surface area contributed by atoms with Crippen LogP contribution >= 0.6 is 0 Å². The minimum atomic E-state index is -4.60. The highest BCUT2D eigenvalue weighted by atomic mass is 32.2. The number of carbonyl (C=O) groups excluding carboxylic acids is 1. The Kier molecular flexibility index (Phi) is 7.83. The van der Waals surface area contributed by atoms with Crippen molar-refractivity contribution in [2.45, 2.75) is 32.6 Å². The number of pyridine rings is 1. The number of hydrogen-bond acceptors (Lipinski definition) is 5. The van der Waals surface area contributed by atoms with E-state index >= 15 is 0 Å². The second-order valence-corrected chi connectivity index (χ2v) is 8.92. The summed E-state index contributed by atoms with van der Waals surface area (Å²) in [6.45, 7) is 3.41. The fourth-order valence-electron chi connectivity index (χ4n) is 2.52. The molecule has 0 saturated heterocycles. The Hall–Kier alpha value is -3.15. The minimum absolute atomic E-state index is 0.0186. The summed E-state index contributed by atoms with van der Waals surface area (Å²) >= 11 is 0. The lowest BCUT2D eigenvalue weighted by Gasteiger charge is -2.14. The largest absolute Gasteiger partial charge is 0.433 e. The number of rotatable bonds is 8. The van der Waals surface area contributed by atoms with Crippen molar-refractivity contribution in [3.05, 3.63) is 59.0 Å². The number of alkyl halides is 3. The Labute approximate surface area is 183 Å². The summed E-state index contributed by atoms with van der Waals surface area (Å²) in [6, 6.07) is 5.56. The number of anilines is 2. The summed E-state index contributed by atoms with van der Waals surface area (Å²) in [5, 5.41) is 5.32. The molecular weight excluding hydrogens is 452 g/mol. The predicted molar refractivity (Wildman–Crippen MR) is 114 cm³/mol. The van der Waals surface area contributed by atoms with Crippen molar-refractivity contribution in [3.8, 4) is 0 Å². The maximum Gasteiger partial charge on any atom is 0.433 e. The molecule has 1 amide bonds. The first-order valence-corrected chi connectivity index (χ1v) is 11.2. The zero-order valence-electron chi connectivity index (χ0n) is 17.4. The molecule has 0 aliphatic rings. The smallest absolute Gasteiger partial charge is 0.367 e. The van der Waals surface area contributed by atoms with Gasteiger partial charge in [-0.1, -0.05) is 6.07 Å². The molecule has 0 atom stereocenters. The molecule has 1 aromatic carbocycles. The van der Waals surface area contributed by atoms with Crippen LogP contribution in [-0.4, -0.2) is 31.6 Å². The number of sulfonamides is 1. The van der Waals surface area contributed by atoms with E-state index < -0.39 is 33.6 Å². The van der Waals surface area contributed by atoms with Crippen LogP contribution in [0.3, 0.4) is 0 Å². The number of halogens is 4. The standard InChI is InChI=1S/C20H22F4N4O3S/c1-12(2)26-19-14(5-8-17(27-19)20(22,23)24)6-9-18(29)25-11-13-4-7-16(15(21)10-13)28-32(3,30)31/h4-10,12,28H,11H2,1-3H3,(H,25,29)(H,26,27)/b9-6-. The van der Waals surface area contributed by atoms with Gasteiger partial charge in [0.15, 0.2) is 0 Å². The van der Waals surface area contributed by atoms with Crippen molar-refractivity contribution in [2.24, 2.45) is 0 Å². The van der Waals surface area contributed by atoms with Gasteiger partial charge in [0.1, 0.15) is 17.3 Å². The first kappa shape index (κ1) is 25.1. The molecule has 0 radical (unpaired) electrons. The van der Waals surface area contributed by atoms with Crippen LogP contribution in [0.4, 0.5) is 29.1 Å². The van der Waals surface area contributed by atoms with Crippen LogP contribution in [0.5, 0.6) is 0 Å². The van der Waals surface area contributed by atoms with Crippen LogP contribution in [-0.2, 0) is 27.5 Å². The lowest BCUT2D eigenvalue weighted by atomic mass is 10.2. The van der Waals surface area contributed by atoms with Crippen LogP contribution < -0.4 is 15.4 Å². The molecule has 0 spiro atoms. The molecule has 0 fully saturated rings. The van der Waals surface area contributed by atoms with Crippen LogP contribution in [0.25, 0.3) is 6.08 Å². The van der Waals surface area contributed by atoms with E-state index in [1.165, 1.54) is 24.3 Å². The second kappa shape index (κ2) is 9.98. The maximum atomic E-state index is 14.0. The topological polar surface area (TPSA) is 100 Å². The summed E-state index contributed by atoms with van der Waals surface area (Å²) < 4.78 is 77.1. The van der Waals surface area contributed by atoms with Crippen molar-refractivity contribution in [3.63, 3.8) is 0 Å². The SMILES string of the molecule is CC(C)Nc1nc(C(F)(F)F)ccc1/C=C\C(=O)NCc1ccc(NS(C)(=O)=O)c(F)c1. The highest BCUT2D eigenvalue weighted by molar-refractivity contribution is 7.92. The van der Waals surface area contributed by atoms with E-state index in [-0.39, 0.29) is 29.7 Å². The Bertz CT molecular complexity index is 1120. The highest BCUT2D eigenvalue weighted by Crippen LogP contribution is 2.30. The third-order valence-electron chi connectivity index (χ3n) is 3.85. The molecular formula is C20H22F4N4O3S. The first-order valence-electron chi connectivity index (χ1n) is 9.31. The average Bonchev–Trinajstić information content (AvgIpc) is 2.65. The van der Waals surface area contributed by atoms with Gasteiger partial charge in [0.25, 0.3) is 0 Å². The maximum absolute atomic E-state index is 14.0. The molecule has 0 bridgehead atoms. The molecule has 12 heteroatoms. The van der Waals surface area contributed by atoms with E-state index in [2.05, 4.69) is 15.6 Å². The lowest BCUT2D eigenvalue weighted by molar-refractivity contribution is -0.141. The van der Waals surface area contributed by atoms with Crippen molar-refractivity contribution in [1.82, 2.24) is 10.3 Å². The fourth-order valence-corrected chi connectivity index (χ4v) is 3.08. The summed E-state index contributed by atoms with van der Waals surface area (Å²) in [4.78, 5) is 15.7. The molecule has 7 nitrogen and oxygen atoms in total. The molecule has 1 aromatic heterocycles. The van der Waals surface area contributed by atoms with E-state index in [4.69, 9.17) is 0 Å². The van der Waals surface area contributed by atoms with Gasteiger partial charge in [0.2, 0.25) is 15.9 Å². The lowest BCUT2D eigenvalue weighted by Crippen LogP contribution is -2.20. The van der Waals surface area contributed by atoms with Crippen LogP contribution in [0.1, 0.15) is 30.7 Å². The number of nitrogens with zero attached hydrogens (tertiary/aromatic N) is 1. The van der Waals surface area contributed by atoms with E-state index in [0.29, 0.717) is 5.56 Å². The Balaban J connectivity index is 2.08. The molecule has 0 aliphatic carbocycles. The quantitative estimate of drug-likeness (QED) is 0.400. The Morgan fingerprint density at radius 1 is 1.19 bits per heavy atom. The molecule has 0 aliphatic heterocycles.